The third kappa shape index (κ3) is 3.99. The van der Waals surface area contributed by atoms with Crippen molar-refractivity contribution in [2.75, 3.05) is 6.54 Å². The fourth-order valence-electron chi connectivity index (χ4n) is 4.95. The number of aryl methyl sites for hydroxylation is 1. The normalized spacial score (nSPS) is 19.4. The van der Waals surface area contributed by atoms with Crippen molar-refractivity contribution in [3.8, 4) is 0 Å². The Labute approximate surface area is 187 Å². The highest BCUT2D eigenvalue weighted by atomic mass is 16.3. The second kappa shape index (κ2) is 8.73. The van der Waals surface area contributed by atoms with E-state index >= 15 is 0 Å². The third-order valence-electron chi connectivity index (χ3n) is 6.59. The summed E-state index contributed by atoms with van der Waals surface area (Å²) in [6.45, 7) is 2.42. The van der Waals surface area contributed by atoms with Gasteiger partial charge in [0.05, 0.1) is 17.3 Å². The summed E-state index contributed by atoms with van der Waals surface area (Å²) in [5, 5.41) is 4.07. The van der Waals surface area contributed by atoms with Gasteiger partial charge in [-0.05, 0) is 44.7 Å². The monoisotopic (exact) mass is 432 g/mol. The standard InChI is InChI=1S/C25H28N4O3/c1-16-26-15-19(24(30)28-18-9-3-2-4-10-18)23(27-16)20-11-7-13-29(20)25(31)22-14-17-8-5-6-12-21(17)32-22/h5-6,8,12,14-15,18,20H,2-4,7,9-11,13H2,1H3,(H,28,30)/t20-/m0/s1. The van der Waals surface area contributed by atoms with Crippen LogP contribution in [0.4, 0.5) is 0 Å². The van der Waals surface area contributed by atoms with Gasteiger partial charge in [-0.25, -0.2) is 9.97 Å². The zero-order valence-corrected chi connectivity index (χ0v) is 18.3. The van der Waals surface area contributed by atoms with E-state index in [-0.39, 0.29) is 23.9 Å². The molecule has 0 bridgehead atoms. The summed E-state index contributed by atoms with van der Waals surface area (Å²) < 4.78 is 5.83. The second-order valence-electron chi connectivity index (χ2n) is 8.83. The number of carbonyl (C=O) groups is 2. The molecule has 1 aliphatic heterocycles. The Morgan fingerprint density at radius 2 is 1.91 bits per heavy atom. The van der Waals surface area contributed by atoms with Crippen LogP contribution in [0.5, 0.6) is 0 Å². The number of fused-ring (bicyclic) bond motifs is 1. The van der Waals surface area contributed by atoms with Crippen molar-refractivity contribution < 1.29 is 14.0 Å². The Balaban J connectivity index is 1.43. The predicted molar refractivity (Wildman–Crippen MR) is 120 cm³/mol. The zero-order chi connectivity index (χ0) is 22.1. The van der Waals surface area contributed by atoms with Gasteiger partial charge in [0, 0.05) is 24.2 Å². The van der Waals surface area contributed by atoms with Gasteiger partial charge in [-0.1, -0.05) is 37.5 Å². The van der Waals surface area contributed by atoms with Crippen LogP contribution in [-0.2, 0) is 0 Å². The zero-order valence-electron chi connectivity index (χ0n) is 18.3. The summed E-state index contributed by atoms with van der Waals surface area (Å²) in [4.78, 5) is 37.2. The summed E-state index contributed by atoms with van der Waals surface area (Å²) >= 11 is 0. The Hall–Kier alpha value is -3.22. The van der Waals surface area contributed by atoms with Crippen LogP contribution in [0.1, 0.15) is 83.4 Å². The number of hydrogen-bond donors (Lipinski definition) is 1. The molecule has 2 amide bonds. The van der Waals surface area contributed by atoms with Gasteiger partial charge in [0.1, 0.15) is 11.4 Å². The molecule has 3 aromatic rings. The van der Waals surface area contributed by atoms with E-state index in [1.165, 1.54) is 6.42 Å². The highest BCUT2D eigenvalue weighted by molar-refractivity contribution is 5.98. The Morgan fingerprint density at radius 1 is 1.09 bits per heavy atom. The molecule has 1 N–H and O–H groups in total. The van der Waals surface area contributed by atoms with E-state index < -0.39 is 0 Å². The number of likely N-dealkylation sites (tertiary alicyclic amines) is 1. The largest absolute Gasteiger partial charge is 0.451 e. The molecule has 1 saturated heterocycles. The molecule has 1 atom stereocenters. The number of furan rings is 1. The second-order valence-corrected chi connectivity index (χ2v) is 8.83. The average Bonchev–Trinajstić information content (AvgIpc) is 3.46. The highest BCUT2D eigenvalue weighted by Gasteiger charge is 2.36. The third-order valence-corrected chi connectivity index (χ3v) is 6.59. The van der Waals surface area contributed by atoms with Crippen molar-refractivity contribution in [1.29, 1.82) is 0 Å². The molecule has 2 aliphatic rings. The van der Waals surface area contributed by atoms with Crippen molar-refractivity contribution in [1.82, 2.24) is 20.2 Å². The number of para-hydroxylation sites is 1. The molecule has 2 aromatic heterocycles. The lowest BCUT2D eigenvalue weighted by molar-refractivity contribution is 0.0699. The number of carbonyl (C=O) groups excluding carboxylic acids is 2. The van der Waals surface area contributed by atoms with E-state index in [9.17, 15) is 9.59 Å². The van der Waals surface area contributed by atoms with E-state index in [1.54, 1.807) is 17.2 Å². The van der Waals surface area contributed by atoms with Crippen molar-refractivity contribution in [2.24, 2.45) is 0 Å². The first-order valence-electron chi connectivity index (χ1n) is 11.5. The number of nitrogens with zero attached hydrogens (tertiary/aromatic N) is 3. The van der Waals surface area contributed by atoms with E-state index in [0.717, 1.165) is 43.9 Å². The van der Waals surface area contributed by atoms with Gasteiger partial charge in [0.2, 0.25) is 0 Å². The Morgan fingerprint density at radius 3 is 2.72 bits per heavy atom. The first kappa shape index (κ1) is 20.7. The maximum atomic E-state index is 13.4. The first-order valence-corrected chi connectivity index (χ1v) is 11.5. The minimum absolute atomic E-state index is 0.144. The molecular weight excluding hydrogens is 404 g/mol. The molecule has 7 heteroatoms. The Kier molecular flexibility index (Phi) is 5.64. The molecule has 2 fully saturated rings. The van der Waals surface area contributed by atoms with Crippen molar-refractivity contribution in [3.63, 3.8) is 0 Å². The molecule has 0 unspecified atom stereocenters. The molecule has 32 heavy (non-hydrogen) atoms. The molecule has 5 rings (SSSR count). The predicted octanol–water partition coefficient (Wildman–Crippen LogP) is 4.57. The number of rotatable bonds is 4. The molecule has 0 spiro atoms. The molecule has 3 heterocycles. The fourth-order valence-corrected chi connectivity index (χ4v) is 4.95. The summed E-state index contributed by atoms with van der Waals surface area (Å²) in [5.41, 5.74) is 1.79. The number of amides is 2. The fraction of sp³-hybridized carbons (Fsp3) is 0.440. The maximum Gasteiger partial charge on any atom is 0.290 e. The number of benzene rings is 1. The molecule has 1 aliphatic carbocycles. The van der Waals surface area contributed by atoms with Crippen LogP contribution in [0.25, 0.3) is 11.0 Å². The van der Waals surface area contributed by atoms with Gasteiger partial charge in [0.25, 0.3) is 11.8 Å². The summed E-state index contributed by atoms with van der Waals surface area (Å²) in [5.74, 6) is 0.600. The van der Waals surface area contributed by atoms with Crippen LogP contribution in [0.15, 0.2) is 40.9 Å². The molecule has 7 nitrogen and oxygen atoms in total. The Bertz CT molecular complexity index is 1120. The van der Waals surface area contributed by atoms with Gasteiger partial charge in [-0.2, -0.15) is 0 Å². The molecule has 1 saturated carbocycles. The minimum atomic E-state index is -0.274. The average molecular weight is 433 g/mol. The minimum Gasteiger partial charge on any atom is -0.451 e. The number of aromatic nitrogens is 2. The maximum absolute atomic E-state index is 13.4. The van der Waals surface area contributed by atoms with Gasteiger partial charge in [-0.3, -0.25) is 9.59 Å². The quantitative estimate of drug-likeness (QED) is 0.652. The van der Waals surface area contributed by atoms with E-state index in [2.05, 4.69) is 15.3 Å². The van der Waals surface area contributed by atoms with E-state index in [0.29, 0.717) is 35.0 Å². The summed E-state index contributed by atoms with van der Waals surface area (Å²) in [7, 11) is 0. The van der Waals surface area contributed by atoms with Crippen molar-refractivity contribution in [2.45, 2.75) is 64.0 Å². The lowest BCUT2D eigenvalue weighted by Gasteiger charge is -2.26. The summed E-state index contributed by atoms with van der Waals surface area (Å²) in [6.07, 6.45) is 8.75. The smallest absolute Gasteiger partial charge is 0.290 e. The first-order chi connectivity index (χ1) is 15.6. The summed E-state index contributed by atoms with van der Waals surface area (Å²) in [6, 6.07) is 9.31. The van der Waals surface area contributed by atoms with Crippen molar-refractivity contribution >= 4 is 22.8 Å². The number of hydrogen-bond acceptors (Lipinski definition) is 5. The van der Waals surface area contributed by atoms with Crippen LogP contribution in [0.3, 0.4) is 0 Å². The van der Waals surface area contributed by atoms with Crippen LogP contribution in [-0.4, -0.2) is 39.3 Å². The molecule has 0 radical (unpaired) electrons. The van der Waals surface area contributed by atoms with Crippen LogP contribution in [0.2, 0.25) is 0 Å². The topological polar surface area (TPSA) is 88.3 Å². The molecule has 166 valence electrons. The van der Waals surface area contributed by atoms with Gasteiger partial charge in [0.15, 0.2) is 5.76 Å². The molecule has 1 aromatic carbocycles. The molecular formula is C25H28N4O3. The highest BCUT2D eigenvalue weighted by Crippen LogP contribution is 2.35. The van der Waals surface area contributed by atoms with Crippen molar-refractivity contribution in [3.05, 3.63) is 59.4 Å². The van der Waals surface area contributed by atoms with Crippen LogP contribution in [0, 0.1) is 6.92 Å². The van der Waals surface area contributed by atoms with Gasteiger partial charge >= 0.3 is 0 Å². The van der Waals surface area contributed by atoms with Gasteiger partial charge in [-0.15, -0.1) is 0 Å². The van der Waals surface area contributed by atoms with E-state index in [1.807, 2.05) is 31.2 Å². The SMILES string of the molecule is Cc1ncc(C(=O)NC2CCCCC2)c([C@@H]2CCCN2C(=O)c2cc3ccccc3o2)n1. The van der Waals surface area contributed by atoms with Crippen LogP contribution < -0.4 is 5.32 Å². The van der Waals surface area contributed by atoms with Crippen LogP contribution >= 0.6 is 0 Å². The lowest BCUT2D eigenvalue weighted by Crippen LogP contribution is -2.38. The van der Waals surface area contributed by atoms with Gasteiger partial charge < -0.3 is 14.6 Å². The number of nitrogens with one attached hydrogen (secondary N) is 1. The lowest BCUT2D eigenvalue weighted by atomic mass is 9.95. The van der Waals surface area contributed by atoms with E-state index in [4.69, 9.17) is 4.42 Å².